The van der Waals surface area contributed by atoms with E-state index in [1.54, 1.807) is 11.8 Å². The molecule has 4 rings (SSSR count). The summed E-state index contributed by atoms with van der Waals surface area (Å²) in [5.74, 6) is -0.138. The van der Waals surface area contributed by atoms with Crippen molar-refractivity contribution in [2.45, 2.75) is 13.0 Å². The Balaban J connectivity index is 1.43. The third-order valence-electron chi connectivity index (χ3n) is 4.71. The molecule has 0 saturated carbocycles. The van der Waals surface area contributed by atoms with Crippen LogP contribution in [-0.2, 0) is 9.53 Å². The highest BCUT2D eigenvalue weighted by Crippen LogP contribution is 2.23. The largest absolute Gasteiger partial charge is 0.447 e. The molecule has 1 atom stereocenters. The second kappa shape index (κ2) is 7.60. The molecule has 142 valence electrons. The monoisotopic (exact) mass is 375 g/mol. The number of ether oxygens (including phenoxy) is 1. The average Bonchev–Trinajstić information content (AvgIpc) is 3.14. The molecule has 0 radical (unpaired) electrons. The van der Waals surface area contributed by atoms with Crippen LogP contribution in [0.15, 0.2) is 66.7 Å². The zero-order chi connectivity index (χ0) is 19.5. The lowest BCUT2D eigenvalue weighted by Gasteiger charge is -2.18. The van der Waals surface area contributed by atoms with Gasteiger partial charge in [-0.05, 0) is 48.0 Å². The van der Waals surface area contributed by atoms with E-state index in [4.69, 9.17) is 4.74 Å². The maximum Gasteiger partial charge on any atom is 0.414 e. The van der Waals surface area contributed by atoms with Crippen LogP contribution in [0.1, 0.15) is 6.92 Å². The third-order valence-corrected chi connectivity index (χ3v) is 4.71. The van der Waals surface area contributed by atoms with E-state index in [9.17, 15) is 9.59 Å². The molecule has 6 heteroatoms. The van der Waals surface area contributed by atoms with E-state index in [0.29, 0.717) is 13.2 Å². The van der Waals surface area contributed by atoms with Crippen molar-refractivity contribution in [3.8, 4) is 0 Å². The van der Waals surface area contributed by atoms with Crippen LogP contribution >= 0.6 is 0 Å². The van der Waals surface area contributed by atoms with Gasteiger partial charge in [0, 0.05) is 17.1 Å². The number of fused-ring (bicyclic) bond motifs is 1. The molecule has 1 fully saturated rings. The molecule has 3 aromatic rings. The van der Waals surface area contributed by atoms with Crippen molar-refractivity contribution in [1.29, 1.82) is 0 Å². The number of amides is 2. The number of benzene rings is 3. The number of rotatable bonds is 5. The van der Waals surface area contributed by atoms with Gasteiger partial charge in [-0.3, -0.25) is 9.69 Å². The van der Waals surface area contributed by atoms with Crippen LogP contribution < -0.4 is 15.5 Å². The molecule has 1 saturated heterocycles. The van der Waals surface area contributed by atoms with Gasteiger partial charge in [-0.15, -0.1) is 0 Å². The van der Waals surface area contributed by atoms with Crippen molar-refractivity contribution < 1.29 is 14.3 Å². The van der Waals surface area contributed by atoms with Gasteiger partial charge in [0.1, 0.15) is 12.6 Å². The number of carbonyl (C=O) groups excluding carboxylic acids is 2. The first kappa shape index (κ1) is 17.9. The second-order valence-corrected chi connectivity index (χ2v) is 6.73. The lowest BCUT2D eigenvalue weighted by molar-refractivity contribution is -0.116. The van der Waals surface area contributed by atoms with Crippen LogP contribution in [0.4, 0.5) is 21.9 Å². The Labute approximate surface area is 163 Å². The first-order valence-corrected chi connectivity index (χ1v) is 9.21. The van der Waals surface area contributed by atoms with E-state index in [1.165, 1.54) is 0 Å². The smallest absolute Gasteiger partial charge is 0.414 e. The van der Waals surface area contributed by atoms with E-state index in [-0.39, 0.29) is 12.0 Å². The molecule has 0 unspecified atom stereocenters. The first-order valence-electron chi connectivity index (χ1n) is 9.21. The van der Waals surface area contributed by atoms with Crippen LogP contribution in [0, 0.1) is 0 Å². The molecule has 28 heavy (non-hydrogen) atoms. The predicted molar refractivity (Wildman–Crippen MR) is 111 cm³/mol. The zero-order valence-corrected chi connectivity index (χ0v) is 15.5. The number of hydrogen-bond donors (Lipinski definition) is 2. The number of nitrogens with one attached hydrogen (secondary N) is 2. The summed E-state index contributed by atoms with van der Waals surface area (Å²) in [6, 6.07) is 20.8. The standard InChI is InChI=1S/C22H21N3O3/c1-15(21(26)24-19-10-9-16-5-2-3-6-17(16)13-19)23-18-7-4-8-20(14-18)25-11-12-28-22(25)27/h2-10,13-15,23H,11-12H2,1H3,(H,24,26)/t15-/m0/s1. The summed E-state index contributed by atoms with van der Waals surface area (Å²) in [5, 5.41) is 8.34. The van der Waals surface area contributed by atoms with Crippen LogP contribution in [0.5, 0.6) is 0 Å². The van der Waals surface area contributed by atoms with Crippen molar-refractivity contribution in [1.82, 2.24) is 0 Å². The van der Waals surface area contributed by atoms with Gasteiger partial charge in [0.15, 0.2) is 0 Å². The third kappa shape index (κ3) is 3.76. The molecule has 2 amide bonds. The quantitative estimate of drug-likeness (QED) is 0.700. The summed E-state index contributed by atoms with van der Waals surface area (Å²) in [4.78, 5) is 25.9. The number of anilines is 3. The molecular weight excluding hydrogens is 354 g/mol. The van der Waals surface area contributed by atoms with Crippen molar-refractivity contribution in [2.75, 3.05) is 28.7 Å². The summed E-state index contributed by atoms with van der Waals surface area (Å²) in [6.07, 6.45) is -0.348. The van der Waals surface area contributed by atoms with Crippen molar-refractivity contribution >= 4 is 39.8 Å². The average molecular weight is 375 g/mol. The normalized spacial score (nSPS) is 14.6. The van der Waals surface area contributed by atoms with E-state index < -0.39 is 6.04 Å². The molecule has 6 nitrogen and oxygen atoms in total. The molecule has 1 aliphatic rings. The summed E-state index contributed by atoms with van der Waals surface area (Å²) < 4.78 is 4.98. The topological polar surface area (TPSA) is 70.7 Å². The molecular formula is C22H21N3O3. The SMILES string of the molecule is C[C@H](Nc1cccc(N2CCOC2=O)c1)C(=O)Nc1ccc2ccccc2c1. The van der Waals surface area contributed by atoms with Crippen molar-refractivity contribution in [2.24, 2.45) is 0 Å². The van der Waals surface area contributed by atoms with Gasteiger partial charge in [0.25, 0.3) is 0 Å². The Morgan fingerprint density at radius 2 is 1.82 bits per heavy atom. The molecule has 3 aromatic carbocycles. The number of carbonyl (C=O) groups is 2. The minimum atomic E-state index is -0.452. The van der Waals surface area contributed by atoms with Gasteiger partial charge in [-0.2, -0.15) is 0 Å². The fourth-order valence-corrected chi connectivity index (χ4v) is 3.22. The van der Waals surface area contributed by atoms with Crippen LogP contribution in [0.25, 0.3) is 10.8 Å². The number of cyclic esters (lactones) is 1. The van der Waals surface area contributed by atoms with E-state index in [2.05, 4.69) is 10.6 Å². The Morgan fingerprint density at radius 3 is 2.61 bits per heavy atom. The Hall–Kier alpha value is -3.54. The van der Waals surface area contributed by atoms with Gasteiger partial charge in [0.05, 0.1) is 6.54 Å². The summed E-state index contributed by atoms with van der Waals surface area (Å²) in [5.41, 5.74) is 2.26. The lowest BCUT2D eigenvalue weighted by Crippen LogP contribution is -2.32. The minimum absolute atomic E-state index is 0.138. The molecule has 2 N–H and O–H groups in total. The van der Waals surface area contributed by atoms with E-state index in [1.807, 2.05) is 66.7 Å². The maximum absolute atomic E-state index is 12.6. The highest BCUT2D eigenvalue weighted by atomic mass is 16.6. The van der Waals surface area contributed by atoms with Gasteiger partial charge in [0.2, 0.25) is 5.91 Å². The summed E-state index contributed by atoms with van der Waals surface area (Å²) in [7, 11) is 0. The zero-order valence-electron chi connectivity index (χ0n) is 15.5. The van der Waals surface area contributed by atoms with Gasteiger partial charge in [-0.1, -0.05) is 36.4 Å². The fourth-order valence-electron chi connectivity index (χ4n) is 3.22. The summed E-state index contributed by atoms with van der Waals surface area (Å²) >= 11 is 0. The maximum atomic E-state index is 12.6. The van der Waals surface area contributed by atoms with Gasteiger partial charge < -0.3 is 15.4 Å². The number of hydrogen-bond acceptors (Lipinski definition) is 4. The van der Waals surface area contributed by atoms with Crippen LogP contribution in [0.3, 0.4) is 0 Å². The molecule has 0 aromatic heterocycles. The van der Waals surface area contributed by atoms with Gasteiger partial charge in [-0.25, -0.2) is 4.79 Å². The molecule has 0 aliphatic carbocycles. The van der Waals surface area contributed by atoms with E-state index >= 15 is 0 Å². The number of nitrogens with zero attached hydrogens (tertiary/aromatic N) is 1. The van der Waals surface area contributed by atoms with Crippen molar-refractivity contribution in [3.63, 3.8) is 0 Å². The minimum Gasteiger partial charge on any atom is -0.447 e. The Bertz CT molecular complexity index is 1030. The highest BCUT2D eigenvalue weighted by Gasteiger charge is 2.23. The van der Waals surface area contributed by atoms with E-state index in [0.717, 1.165) is 27.8 Å². The predicted octanol–water partition coefficient (Wildman–Crippen LogP) is 4.24. The Kier molecular flexibility index (Phi) is 4.85. The summed E-state index contributed by atoms with van der Waals surface area (Å²) in [6.45, 7) is 2.72. The van der Waals surface area contributed by atoms with Gasteiger partial charge >= 0.3 is 6.09 Å². The second-order valence-electron chi connectivity index (χ2n) is 6.73. The lowest BCUT2D eigenvalue weighted by atomic mass is 10.1. The van der Waals surface area contributed by atoms with Crippen LogP contribution in [0.2, 0.25) is 0 Å². The Morgan fingerprint density at radius 1 is 1.00 bits per heavy atom. The molecule has 0 spiro atoms. The highest BCUT2D eigenvalue weighted by molar-refractivity contribution is 5.98. The van der Waals surface area contributed by atoms with Crippen LogP contribution in [-0.4, -0.2) is 31.2 Å². The fraction of sp³-hybridized carbons (Fsp3) is 0.182. The molecule has 1 heterocycles. The molecule has 0 bridgehead atoms. The first-order chi connectivity index (χ1) is 13.6. The molecule has 1 aliphatic heterocycles. The van der Waals surface area contributed by atoms with Crippen molar-refractivity contribution in [3.05, 3.63) is 66.7 Å².